The van der Waals surface area contributed by atoms with Crippen LogP contribution in [0.2, 0.25) is 0 Å². The molecule has 0 unspecified atom stereocenters. The zero-order chi connectivity index (χ0) is 9.14. The van der Waals surface area contributed by atoms with E-state index in [1.807, 2.05) is 6.26 Å². The van der Waals surface area contributed by atoms with Crippen molar-refractivity contribution in [3.8, 4) is 0 Å². The predicted octanol–water partition coefficient (Wildman–Crippen LogP) is 1.57. The Balaban J connectivity index is 3.25. The Morgan fingerprint density at radius 1 is 1.33 bits per heavy atom. The standard InChI is InChI=1S/C8H11N3S/c1-12-8-3-6(10)5(4-9)2-7(8)11/h2-4,9H,10-11H2,1H3. The summed E-state index contributed by atoms with van der Waals surface area (Å²) in [6.07, 6.45) is 3.14. The van der Waals surface area contributed by atoms with E-state index < -0.39 is 0 Å². The lowest BCUT2D eigenvalue weighted by molar-refractivity contribution is 1.44. The van der Waals surface area contributed by atoms with E-state index in [9.17, 15) is 0 Å². The van der Waals surface area contributed by atoms with Crippen LogP contribution in [0.15, 0.2) is 17.0 Å². The third-order valence-electron chi connectivity index (χ3n) is 1.59. The highest BCUT2D eigenvalue weighted by molar-refractivity contribution is 7.98. The quantitative estimate of drug-likeness (QED) is 0.368. The van der Waals surface area contributed by atoms with Crippen molar-refractivity contribution in [1.29, 1.82) is 5.41 Å². The van der Waals surface area contributed by atoms with E-state index in [0.717, 1.165) is 4.90 Å². The number of hydrogen-bond donors (Lipinski definition) is 3. The number of anilines is 2. The Hall–Kier alpha value is -1.16. The topological polar surface area (TPSA) is 75.9 Å². The summed E-state index contributed by atoms with van der Waals surface area (Å²) in [6.45, 7) is 0. The van der Waals surface area contributed by atoms with Gasteiger partial charge in [-0.1, -0.05) is 0 Å². The Kier molecular flexibility index (Phi) is 2.60. The maximum atomic E-state index is 7.04. The maximum absolute atomic E-state index is 7.04. The van der Waals surface area contributed by atoms with Gasteiger partial charge in [-0.2, -0.15) is 0 Å². The van der Waals surface area contributed by atoms with Crippen LogP contribution < -0.4 is 11.5 Å². The molecule has 5 N–H and O–H groups in total. The number of nitrogens with one attached hydrogen (secondary N) is 1. The van der Waals surface area contributed by atoms with E-state index in [1.165, 1.54) is 6.21 Å². The molecule has 0 saturated heterocycles. The van der Waals surface area contributed by atoms with Gasteiger partial charge in [-0.3, -0.25) is 0 Å². The van der Waals surface area contributed by atoms with Crippen LogP contribution in [-0.2, 0) is 0 Å². The number of thioether (sulfide) groups is 1. The summed E-state index contributed by atoms with van der Waals surface area (Å²) in [6, 6.07) is 3.51. The SMILES string of the molecule is CSc1cc(N)c(C=N)cc1N. The predicted molar refractivity (Wildman–Crippen MR) is 54.9 cm³/mol. The van der Waals surface area contributed by atoms with Crippen LogP contribution in [-0.4, -0.2) is 12.5 Å². The highest BCUT2D eigenvalue weighted by atomic mass is 32.2. The molecule has 0 radical (unpaired) electrons. The fraction of sp³-hybridized carbons (Fsp3) is 0.125. The Morgan fingerprint density at radius 3 is 2.50 bits per heavy atom. The van der Waals surface area contributed by atoms with Gasteiger partial charge in [0.05, 0.1) is 0 Å². The normalized spacial score (nSPS) is 9.75. The molecular formula is C8H11N3S. The lowest BCUT2D eigenvalue weighted by Crippen LogP contribution is -1.97. The average Bonchev–Trinajstić information content (AvgIpc) is 2.08. The third-order valence-corrected chi connectivity index (χ3v) is 2.38. The van der Waals surface area contributed by atoms with Crippen LogP contribution >= 0.6 is 11.8 Å². The van der Waals surface area contributed by atoms with Gasteiger partial charge < -0.3 is 16.9 Å². The second kappa shape index (κ2) is 3.49. The Morgan fingerprint density at radius 2 is 2.00 bits per heavy atom. The largest absolute Gasteiger partial charge is 0.398 e. The number of hydrogen-bond acceptors (Lipinski definition) is 4. The molecule has 4 heteroatoms. The first-order valence-electron chi connectivity index (χ1n) is 3.42. The molecule has 0 fully saturated rings. The number of rotatable bonds is 2. The van der Waals surface area contributed by atoms with Crippen molar-refractivity contribution in [3.05, 3.63) is 17.7 Å². The average molecular weight is 181 g/mol. The van der Waals surface area contributed by atoms with E-state index in [4.69, 9.17) is 16.9 Å². The van der Waals surface area contributed by atoms with E-state index >= 15 is 0 Å². The molecule has 12 heavy (non-hydrogen) atoms. The smallest absolute Gasteiger partial charge is 0.0460 e. The molecule has 0 aliphatic rings. The summed E-state index contributed by atoms with van der Waals surface area (Å²) in [7, 11) is 0. The van der Waals surface area contributed by atoms with Crippen LogP contribution in [0.4, 0.5) is 11.4 Å². The first kappa shape index (κ1) is 8.93. The Bertz CT molecular complexity index is 309. The van der Waals surface area contributed by atoms with Gasteiger partial charge in [0, 0.05) is 28.0 Å². The van der Waals surface area contributed by atoms with Crippen LogP contribution in [0.25, 0.3) is 0 Å². The molecule has 3 nitrogen and oxygen atoms in total. The summed E-state index contributed by atoms with van der Waals surface area (Å²) in [5, 5.41) is 7.04. The molecule has 1 aromatic rings. The van der Waals surface area contributed by atoms with Crippen LogP contribution in [0.3, 0.4) is 0 Å². The summed E-state index contributed by atoms with van der Waals surface area (Å²) in [5.74, 6) is 0. The highest BCUT2D eigenvalue weighted by Gasteiger charge is 2.02. The Labute approximate surface area is 75.6 Å². The summed E-state index contributed by atoms with van der Waals surface area (Å²) in [4.78, 5) is 0.957. The molecule has 0 aliphatic carbocycles. The van der Waals surface area contributed by atoms with Gasteiger partial charge in [-0.25, -0.2) is 0 Å². The molecule has 0 amide bonds. The molecule has 0 heterocycles. The van der Waals surface area contributed by atoms with Crippen molar-refractivity contribution < 1.29 is 0 Å². The lowest BCUT2D eigenvalue weighted by atomic mass is 10.2. The molecule has 0 saturated carbocycles. The number of nitrogen functional groups attached to an aromatic ring is 2. The van der Waals surface area contributed by atoms with Gasteiger partial charge in [0.1, 0.15) is 0 Å². The first-order valence-corrected chi connectivity index (χ1v) is 4.65. The minimum absolute atomic E-state index is 0.601. The summed E-state index contributed by atoms with van der Waals surface area (Å²) >= 11 is 1.55. The molecule has 0 aliphatic heterocycles. The molecule has 0 atom stereocenters. The van der Waals surface area contributed by atoms with E-state index in [0.29, 0.717) is 16.9 Å². The second-order valence-electron chi connectivity index (χ2n) is 2.37. The number of nitrogens with two attached hydrogens (primary N) is 2. The molecule has 0 aromatic heterocycles. The zero-order valence-corrected chi connectivity index (χ0v) is 7.61. The minimum Gasteiger partial charge on any atom is -0.398 e. The highest BCUT2D eigenvalue weighted by Crippen LogP contribution is 2.27. The lowest BCUT2D eigenvalue weighted by Gasteiger charge is -2.05. The van der Waals surface area contributed by atoms with E-state index in [2.05, 4.69) is 0 Å². The molecule has 0 bridgehead atoms. The molecule has 1 aromatic carbocycles. The van der Waals surface area contributed by atoms with Crippen molar-refractivity contribution in [2.75, 3.05) is 17.7 Å². The van der Waals surface area contributed by atoms with Crippen LogP contribution in [0, 0.1) is 5.41 Å². The molecule has 0 spiro atoms. The first-order chi connectivity index (χ1) is 5.69. The van der Waals surface area contributed by atoms with Gasteiger partial charge in [0.15, 0.2) is 0 Å². The van der Waals surface area contributed by atoms with Gasteiger partial charge >= 0.3 is 0 Å². The molecule has 1 rings (SSSR count). The number of benzene rings is 1. The molecule has 64 valence electrons. The van der Waals surface area contributed by atoms with Gasteiger partial charge in [-0.15, -0.1) is 11.8 Å². The summed E-state index contributed by atoms with van der Waals surface area (Å²) in [5.41, 5.74) is 13.3. The van der Waals surface area contributed by atoms with Crippen molar-refractivity contribution >= 4 is 29.4 Å². The maximum Gasteiger partial charge on any atom is 0.0460 e. The fourth-order valence-corrected chi connectivity index (χ4v) is 1.47. The van der Waals surface area contributed by atoms with E-state index in [-0.39, 0.29) is 0 Å². The minimum atomic E-state index is 0.601. The van der Waals surface area contributed by atoms with Crippen molar-refractivity contribution in [3.63, 3.8) is 0 Å². The monoisotopic (exact) mass is 181 g/mol. The zero-order valence-electron chi connectivity index (χ0n) is 6.79. The summed E-state index contributed by atoms with van der Waals surface area (Å²) < 4.78 is 0. The van der Waals surface area contributed by atoms with Crippen molar-refractivity contribution in [1.82, 2.24) is 0 Å². The van der Waals surface area contributed by atoms with Crippen LogP contribution in [0.1, 0.15) is 5.56 Å². The van der Waals surface area contributed by atoms with Crippen molar-refractivity contribution in [2.45, 2.75) is 4.90 Å². The van der Waals surface area contributed by atoms with Gasteiger partial charge in [0.25, 0.3) is 0 Å². The van der Waals surface area contributed by atoms with E-state index in [1.54, 1.807) is 23.9 Å². The van der Waals surface area contributed by atoms with Gasteiger partial charge in [-0.05, 0) is 18.4 Å². The fourth-order valence-electron chi connectivity index (χ4n) is 0.932. The molecular weight excluding hydrogens is 170 g/mol. The van der Waals surface area contributed by atoms with Crippen LogP contribution in [0.5, 0.6) is 0 Å². The second-order valence-corrected chi connectivity index (χ2v) is 3.22. The van der Waals surface area contributed by atoms with Gasteiger partial charge in [0.2, 0.25) is 0 Å². The third kappa shape index (κ3) is 1.53. The van der Waals surface area contributed by atoms with Crippen molar-refractivity contribution in [2.24, 2.45) is 0 Å².